The summed E-state index contributed by atoms with van der Waals surface area (Å²) in [5.74, 6) is -1.07. The van der Waals surface area contributed by atoms with E-state index in [1.807, 2.05) is 6.92 Å². The zero-order valence-electron chi connectivity index (χ0n) is 11.5. The molecule has 0 aromatic carbocycles. The molecule has 124 valence electrons. The molecule has 0 unspecified atom stereocenters. The number of nitrogens with one attached hydrogen (secondary N) is 3. The first-order chi connectivity index (χ1) is 10.2. The van der Waals surface area contributed by atoms with Crippen molar-refractivity contribution in [1.82, 2.24) is 25.4 Å². The predicted molar refractivity (Wildman–Crippen MR) is 71.5 cm³/mol. The summed E-state index contributed by atoms with van der Waals surface area (Å²) in [4.78, 5) is 33.9. The van der Waals surface area contributed by atoms with Crippen molar-refractivity contribution in [3.05, 3.63) is 10.5 Å². The third kappa shape index (κ3) is 6.20. The highest BCUT2D eigenvalue weighted by atomic mass is 32.2. The Kier molecular flexibility index (Phi) is 6.46. The molecule has 0 aliphatic heterocycles. The first kappa shape index (κ1) is 18.1. The Balaban J connectivity index is 2.43. The summed E-state index contributed by atoms with van der Waals surface area (Å²) in [5.41, 5.74) is -0.423. The molecule has 0 saturated heterocycles. The van der Waals surface area contributed by atoms with Crippen LogP contribution in [0.25, 0.3) is 0 Å². The second kappa shape index (κ2) is 7.87. The standard InChI is InChI=1S/C10H14F3N5O3S/c1-2-3-18-8(21)16-17-9(18)22-4-6(19)15-7(20)14-5-10(11,12)13/h2-5H2,1H3,(H,16,21)(H2,14,15,19,20). The number of carbonyl (C=O) groups excluding carboxylic acids is 2. The van der Waals surface area contributed by atoms with Crippen LogP contribution in [0.5, 0.6) is 0 Å². The smallest absolute Gasteiger partial charge is 0.329 e. The number of hydrogen-bond acceptors (Lipinski definition) is 5. The van der Waals surface area contributed by atoms with Crippen LogP contribution in [0.15, 0.2) is 9.95 Å². The summed E-state index contributed by atoms with van der Waals surface area (Å²) in [5, 5.41) is 9.45. The molecule has 0 spiro atoms. The molecule has 22 heavy (non-hydrogen) atoms. The minimum absolute atomic E-state index is 0.262. The van der Waals surface area contributed by atoms with Crippen LogP contribution in [0, 0.1) is 0 Å². The number of H-pyrrole nitrogens is 1. The highest BCUT2D eigenvalue weighted by Crippen LogP contribution is 2.13. The molecule has 1 rings (SSSR count). The van der Waals surface area contributed by atoms with Crippen LogP contribution in [0.1, 0.15) is 13.3 Å². The summed E-state index contributed by atoms with van der Waals surface area (Å²) in [7, 11) is 0. The monoisotopic (exact) mass is 341 g/mol. The maximum Gasteiger partial charge on any atom is 0.405 e. The van der Waals surface area contributed by atoms with Crippen molar-refractivity contribution in [2.75, 3.05) is 12.3 Å². The molecule has 0 aliphatic rings. The molecule has 0 fully saturated rings. The Morgan fingerprint density at radius 3 is 2.68 bits per heavy atom. The number of thioether (sulfide) groups is 1. The fraction of sp³-hybridized carbons (Fsp3) is 0.600. The van der Waals surface area contributed by atoms with Gasteiger partial charge in [0.2, 0.25) is 5.91 Å². The Morgan fingerprint density at radius 1 is 1.41 bits per heavy atom. The average Bonchev–Trinajstić information content (AvgIpc) is 2.75. The van der Waals surface area contributed by atoms with Crippen molar-refractivity contribution in [2.24, 2.45) is 0 Å². The molecule has 3 N–H and O–H groups in total. The summed E-state index contributed by atoms with van der Waals surface area (Å²) >= 11 is 0.888. The quantitative estimate of drug-likeness (QED) is 0.652. The lowest BCUT2D eigenvalue weighted by Crippen LogP contribution is -2.44. The van der Waals surface area contributed by atoms with Gasteiger partial charge in [0.15, 0.2) is 5.16 Å². The molecule has 3 amide bonds. The lowest BCUT2D eigenvalue weighted by molar-refractivity contribution is -0.124. The number of urea groups is 1. The van der Waals surface area contributed by atoms with E-state index in [2.05, 4.69) is 10.2 Å². The van der Waals surface area contributed by atoms with Gasteiger partial charge < -0.3 is 5.32 Å². The van der Waals surface area contributed by atoms with Crippen LogP contribution in [0.4, 0.5) is 18.0 Å². The van der Waals surface area contributed by atoms with Crippen molar-refractivity contribution >= 4 is 23.7 Å². The van der Waals surface area contributed by atoms with Gasteiger partial charge in [-0.05, 0) is 6.42 Å². The molecule has 0 saturated carbocycles. The predicted octanol–water partition coefficient (Wildman–Crippen LogP) is 0.462. The van der Waals surface area contributed by atoms with Crippen LogP contribution in [0.3, 0.4) is 0 Å². The SMILES string of the molecule is CCCn1c(SCC(=O)NC(=O)NCC(F)(F)F)n[nH]c1=O. The number of aromatic nitrogens is 3. The van der Waals surface area contributed by atoms with Gasteiger partial charge in [-0.1, -0.05) is 18.7 Å². The van der Waals surface area contributed by atoms with Crippen molar-refractivity contribution in [2.45, 2.75) is 31.2 Å². The fourth-order valence-electron chi connectivity index (χ4n) is 1.35. The Morgan fingerprint density at radius 2 is 2.09 bits per heavy atom. The van der Waals surface area contributed by atoms with E-state index in [4.69, 9.17) is 0 Å². The number of aromatic amines is 1. The maximum atomic E-state index is 11.9. The van der Waals surface area contributed by atoms with Gasteiger partial charge in [-0.3, -0.25) is 14.7 Å². The number of imide groups is 1. The third-order valence-corrected chi connectivity index (χ3v) is 3.18. The Bertz CT molecular complexity index is 583. The fourth-order valence-corrected chi connectivity index (χ4v) is 2.12. The summed E-state index contributed by atoms with van der Waals surface area (Å²) < 4.78 is 36.9. The Labute approximate surface area is 126 Å². The van der Waals surface area contributed by atoms with Gasteiger partial charge in [-0.15, -0.1) is 5.10 Å². The van der Waals surface area contributed by atoms with E-state index in [9.17, 15) is 27.6 Å². The van der Waals surface area contributed by atoms with E-state index in [1.54, 1.807) is 5.32 Å². The minimum Gasteiger partial charge on any atom is -0.329 e. The molecule has 0 atom stereocenters. The van der Waals surface area contributed by atoms with Crippen molar-refractivity contribution in [3.8, 4) is 0 Å². The van der Waals surface area contributed by atoms with Gasteiger partial charge in [-0.25, -0.2) is 14.7 Å². The zero-order chi connectivity index (χ0) is 16.8. The van der Waals surface area contributed by atoms with E-state index in [0.717, 1.165) is 11.8 Å². The van der Waals surface area contributed by atoms with E-state index in [0.29, 0.717) is 13.0 Å². The van der Waals surface area contributed by atoms with E-state index >= 15 is 0 Å². The van der Waals surface area contributed by atoms with Crippen molar-refractivity contribution in [3.63, 3.8) is 0 Å². The second-order valence-electron chi connectivity index (χ2n) is 4.10. The van der Waals surface area contributed by atoms with E-state index in [-0.39, 0.29) is 10.9 Å². The number of halogens is 3. The molecular formula is C10H14F3N5O3S. The topological polar surface area (TPSA) is 109 Å². The summed E-state index contributed by atoms with van der Waals surface area (Å²) in [6.07, 6.45) is -3.88. The lowest BCUT2D eigenvalue weighted by Gasteiger charge is -2.09. The first-order valence-corrected chi connectivity index (χ1v) is 7.14. The number of carbonyl (C=O) groups is 2. The first-order valence-electron chi connectivity index (χ1n) is 6.15. The molecule has 12 heteroatoms. The highest BCUT2D eigenvalue weighted by Gasteiger charge is 2.28. The average molecular weight is 341 g/mol. The van der Waals surface area contributed by atoms with E-state index < -0.39 is 30.3 Å². The van der Waals surface area contributed by atoms with Gasteiger partial charge in [0.25, 0.3) is 0 Å². The van der Waals surface area contributed by atoms with Crippen LogP contribution in [-0.4, -0.2) is 45.2 Å². The van der Waals surface area contributed by atoms with Gasteiger partial charge in [0, 0.05) is 6.54 Å². The number of hydrogen-bond donors (Lipinski definition) is 3. The number of alkyl halides is 3. The molecular weight excluding hydrogens is 327 g/mol. The van der Waals surface area contributed by atoms with Crippen LogP contribution in [0.2, 0.25) is 0 Å². The number of rotatable bonds is 6. The third-order valence-electron chi connectivity index (χ3n) is 2.21. The van der Waals surface area contributed by atoms with Gasteiger partial charge in [0.05, 0.1) is 5.75 Å². The zero-order valence-corrected chi connectivity index (χ0v) is 12.3. The lowest BCUT2D eigenvalue weighted by atomic mass is 10.5. The van der Waals surface area contributed by atoms with Gasteiger partial charge >= 0.3 is 17.9 Å². The van der Waals surface area contributed by atoms with Gasteiger partial charge in [-0.2, -0.15) is 13.2 Å². The molecule has 0 aliphatic carbocycles. The molecule has 0 radical (unpaired) electrons. The largest absolute Gasteiger partial charge is 0.405 e. The van der Waals surface area contributed by atoms with Crippen LogP contribution < -0.4 is 16.3 Å². The minimum atomic E-state index is -4.56. The second-order valence-corrected chi connectivity index (χ2v) is 5.04. The Hall–Kier alpha value is -1.98. The summed E-state index contributed by atoms with van der Waals surface area (Å²) in [6, 6.07) is -1.24. The van der Waals surface area contributed by atoms with Crippen LogP contribution in [-0.2, 0) is 11.3 Å². The normalized spacial score (nSPS) is 11.3. The van der Waals surface area contributed by atoms with Gasteiger partial charge in [0.1, 0.15) is 6.54 Å². The van der Waals surface area contributed by atoms with E-state index in [1.165, 1.54) is 9.88 Å². The van der Waals surface area contributed by atoms with Crippen LogP contribution >= 0.6 is 11.8 Å². The maximum absolute atomic E-state index is 11.9. The molecule has 1 aromatic rings. The molecule has 8 nitrogen and oxygen atoms in total. The summed E-state index contributed by atoms with van der Waals surface area (Å²) in [6.45, 7) is 0.728. The van der Waals surface area contributed by atoms with Crippen molar-refractivity contribution < 1.29 is 22.8 Å². The number of amides is 3. The van der Waals surface area contributed by atoms with Crippen molar-refractivity contribution in [1.29, 1.82) is 0 Å². The molecule has 0 bridgehead atoms. The molecule has 1 aromatic heterocycles. The number of nitrogens with zero attached hydrogens (tertiary/aromatic N) is 2. The highest BCUT2D eigenvalue weighted by molar-refractivity contribution is 7.99. The molecule has 1 heterocycles.